The van der Waals surface area contributed by atoms with E-state index in [1.165, 1.54) is 0 Å². The fourth-order valence-corrected chi connectivity index (χ4v) is 2.69. The first-order valence-corrected chi connectivity index (χ1v) is 9.55. The van der Waals surface area contributed by atoms with Crippen molar-refractivity contribution in [3.63, 3.8) is 0 Å². The van der Waals surface area contributed by atoms with Crippen molar-refractivity contribution < 1.29 is 9.47 Å². The highest BCUT2D eigenvalue weighted by molar-refractivity contribution is 9.08. The second kappa shape index (κ2) is 10.5. The highest BCUT2D eigenvalue weighted by Gasteiger charge is 2.15. The fraction of sp³-hybridized carbons (Fsp3) is 0.625. The highest BCUT2D eigenvalue weighted by Crippen LogP contribution is 2.37. The lowest BCUT2D eigenvalue weighted by molar-refractivity contribution is 0.259. The van der Waals surface area contributed by atoms with Gasteiger partial charge in [-0.2, -0.15) is 0 Å². The molecular weight excluding hydrogens is 384 g/mol. The standard InChI is InChI=1S/C16H24Br2O2/c1-3-5-9-19-15-13(11-17)7-8-14(12-18)16(15)20-10-6-4-2/h7-8H,3-6,9-12H2,1-2H3. The summed E-state index contributed by atoms with van der Waals surface area (Å²) in [7, 11) is 0. The van der Waals surface area contributed by atoms with Crippen LogP contribution in [0.4, 0.5) is 0 Å². The molecule has 0 amide bonds. The Kier molecular flexibility index (Phi) is 9.36. The summed E-state index contributed by atoms with van der Waals surface area (Å²) < 4.78 is 12.0. The maximum Gasteiger partial charge on any atom is 0.165 e. The van der Waals surface area contributed by atoms with Gasteiger partial charge in [-0.25, -0.2) is 0 Å². The van der Waals surface area contributed by atoms with Gasteiger partial charge in [0.2, 0.25) is 0 Å². The van der Waals surface area contributed by atoms with Crippen molar-refractivity contribution in [2.24, 2.45) is 0 Å². The van der Waals surface area contributed by atoms with E-state index in [1.54, 1.807) is 0 Å². The molecule has 0 aromatic heterocycles. The summed E-state index contributed by atoms with van der Waals surface area (Å²) in [6, 6.07) is 4.22. The van der Waals surface area contributed by atoms with Gasteiger partial charge in [0.15, 0.2) is 11.5 Å². The minimum atomic E-state index is 0.742. The molecule has 0 spiro atoms. The van der Waals surface area contributed by atoms with Gasteiger partial charge in [-0.05, 0) is 12.8 Å². The summed E-state index contributed by atoms with van der Waals surface area (Å²) in [6.07, 6.45) is 4.39. The molecule has 0 heterocycles. The Balaban J connectivity index is 2.97. The van der Waals surface area contributed by atoms with Gasteiger partial charge in [0.25, 0.3) is 0 Å². The summed E-state index contributed by atoms with van der Waals surface area (Å²) in [6.45, 7) is 5.82. The Morgan fingerprint density at radius 3 is 1.50 bits per heavy atom. The van der Waals surface area contributed by atoms with Crippen LogP contribution in [0.1, 0.15) is 50.7 Å². The molecule has 0 aliphatic heterocycles. The van der Waals surface area contributed by atoms with Crippen LogP contribution in [0.15, 0.2) is 12.1 Å². The van der Waals surface area contributed by atoms with Crippen molar-refractivity contribution in [3.8, 4) is 11.5 Å². The van der Waals surface area contributed by atoms with Gasteiger partial charge in [-0.15, -0.1) is 0 Å². The zero-order valence-corrected chi connectivity index (χ0v) is 15.6. The molecule has 1 aromatic rings. The molecule has 0 N–H and O–H groups in total. The maximum absolute atomic E-state index is 6.00. The van der Waals surface area contributed by atoms with E-state index in [1.807, 2.05) is 0 Å². The molecule has 0 unspecified atom stereocenters. The Hall–Kier alpha value is -0.220. The monoisotopic (exact) mass is 406 g/mol. The van der Waals surface area contributed by atoms with E-state index in [0.29, 0.717) is 0 Å². The Morgan fingerprint density at radius 1 is 0.800 bits per heavy atom. The van der Waals surface area contributed by atoms with Gasteiger partial charge in [-0.3, -0.25) is 0 Å². The van der Waals surface area contributed by atoms with Crippen molar-refractivity contribution in [1.82, 2.24) is 0 Å². The van der Waals surface area contributed by atoms with E-state index in [0.717, 1.165) is 72.2 Å². The van der Waals surface area contributed by atoms with Gasteiger partial charge in [0.05, 0.1) is 13.2 Å². The number of hydrogen-bond donors (Lipinski definition) is 0. The molecule has 0 radical (unpaired) electrons. The molecular formula is C16H24Br2O2. The molecule has 0 atom stereocenters. The van der Waals surface area contributed by atoms with Crippen LogP contribution in [0.2, 0.25) is 0 Å². The first-order valence-electron chi connectivity index (χ1n) is 7.30. The van der Waals surface area contributed by atoms with E-state index in [4.69, 9.17) is 9.47 Å². The van der Waals surface area contributed by atoms with Crippen LogP contribution in [0.5, 0.6) is 11.5 Å². The second-order valence-corrected chi connectivity index (χ2v) is 5.83. The maximum atomic E-state index is 6.00. The molecule has 0 bridgehead atoms. The average molecular weight is 408 g/mol. The van der Waals surface area contributed by atoms with Crippen molar-refractivity contribution in [2.45, 2.75) is 50.2 Å². The number of hydrogen-bond acceptors (Lipinski definition) is 2. The number of unbranched alkanes of at least 4 members (excludes halogenated alkanes) is 2. The summed E-state index contributed by atoms with van der Waals surface area (Å²) in [4.78, 5) is 0. The minimum absolute atomic E-state index is 0.742. The molecule has 114 valence electrons. The molecule has 4 heteroatoms. The molecule has 0 aliphatic rings. The Bertz CT molecular complexity index is 357. The number of rotatable bonds is 10. The molecule has 0 fully saturated rings. The normalized spacial score (nSPS) is 10.6. The predicted octanol–water partition coefficient (Wildman–Crippen LogP) is 5.83. The van der Waals surface area contributed by atoms with Crippen LogP contribution in [-0.2, 0) is 10.7 Å². The largest absolute Gasteiger partial charge is 0.489 e. The highest BCUT2D eigenvalue weighted by atomic mass is 79.9. The smallest absolute Gasteiger partial charge is 0.165 e. The second-order valence-electron chi connectivity index (χ2n) is 4.71. The number of ether oxygens (including phenoxy) is 2. The van der Waals surface area contributed by atoms with Gasteiger partial charge < -0.3 is 9.47 Å². The van der Waals surface area contributed by atoms with Crippen molar-refractivity contribution in [3.05, 3.63) is 23.3 Å². The molecule has 0 saturated carbocycles. The summed E-state index contributed by atoms with van der Waals surface area (Å²) in [5.41, 5.74) is 2.30. The zero-order chi connectivity index (χ0) is 14.8. The molecule has 1 rings (SSSR count). The third kappa shape index (κ3) is 5.28. The zero-order valence-electron chi connectivity index (χ0n) is 12.4. The number of halogens is 2. The molecule has 0 aliphatic carbocycles. The van der Waals surface area contributed by atoms with Gasteiger partial charge in [-0.1, -0.05) is 70.7 Å². The predicted molar refractivity (Wildman–Crippen MR) is 92.5 cm³/mol. The Labute approximate surface area is 139 Å². The van der Waals surface area contributed by atoms with Crippen LogP contribution in [0.3, 0.4) is 0 Å². The van der Waals surface area contributed by atoms with Gasteiger partial charge in [0, 0.05) is 21.8 Å². The molecule has 20 heavy (non-hydrogen) atoms. The van der Waals surface area contributed by atoms with Gasteiger partial charge >= 0.3 is 0 Å². The fourth-order valence-electron chi connectivity index (χ4n) is 1.81. The first kappa shape index (κ1) is 17.8. The van der Waals surface area contributed by atoms with Gasteiger partial charge in [0.1, 0.15) is 0 Å². The van der Waals surface area contributed by atoms with Crippen LogP contribution in [0, 0.1) is 0 Å². The number of alkyl halides is 2. The molecule has 2 nitrogen and oxygen atoms in total. The lowest BCUT2D eigenvalue weighted by Crippen LogP contribution is -2.06. The lowest BCUT2D eigenvalue weighted by atomic mass is 10.1. The van der Waals surface area contributed by atoms with E-state index >= 15 is 0 Å². The van der Waals surface area contributed by atoms with E-state index in [2.05, 4.69) is 57.8 Å². The van der Waals surface area contributed by atoms with E-state index in [9.17, 15) is 0 Å². The quantitative estimate of drug-likeness (QED) is 0.358. The summed E-state index contributed by atoms with van der Waals surface area (Å²) in [5, 5.41) is 1.56. The third-order valence-corrected chi connectivity index (χ3v) is 4.26. The molecule has 0 saturated heterocycles. The third-order valence-electron chi connectivity index (χ3n) is 3.05. The van der Waals surface area contributed by atoms with Crippen LogP contribution in [-0.4, -0.2) is 13.2 Å². The SMILES string of the molecule is CCCCOc1c(CBr)ccc(CBr)c1OCCCC. The Morgan fingerprint density at radius 2 is 1.20 bits per heavy atom. The lowest BCUT2D eigenvalue weighted by Gasteiger charge is -2.18. The summed E-state index contributed by atoms with van der Waals surface area (Å²) in [5.74, 6) is 1.81. The van der Waals surface area contributed by atoms with Crippen molar-refractivity contribution in [2.75, 3.05) is 13.2 Å². The first-order chi connectivity index (χ1) is 9.78. The van der Waals surface area contributed by atoms with Crippen molar-refractivity contribution >= 4 is 31.9 Å². The van der Waals surface area contributed by atoms with Crippen LogP contribution >= 0.6 is 31.9 Å². The number of benzene rings is 1. The van der Waals surface area contributed by atoms with Crippen LogP contribution in [0.25, 0.3) is 0 Å². The van der Waals surface area contributed by atoms with E-state index in [-0.39, 0.29) is 0 Å². The topological polar surface area (TPSA) is 18.5 Å². The van der Waals surface area contributed by atoms with Crippen LogP contribution < -0.4 is 9.47 Å². The summed E-state index contributed by atoms with van der Waals surface area (Å²) >= 11 is 7.07. The minimum Gasteiger partial charge on any atom is -0.489 e. The average Bonchev–Trinajstić information content (AvgIpc) is 2.48. The van der Waals surface area contributed by atoms with Crippen molar-refractivity contribution in [1.29, 1.82) is 0 Å². The van der Waals surface area contributed by atoms with E-state index < -0.39 is 0 Å². The molecule has 1 aromatic carbocycles.